The van der Waals surface area contributed by atoms with Crippen molar-refractivity contribution in [2.75, 3.05) is 40.3 Å². The molecule has 27 heavy (non-hydrogen) atoms. The molecule has 1 aromatic rings. The summed E-state index contributed by atoms with van der Waals surface area (Å²) in [5, 5.41) is 6.41. The Morgan fingerprint density at radius 3 is 2.67 bits per heavy atom. The van der Waals surface area contributed by atoms with E-state index in [0.29, 0.717) is 31.4 Å². The van der Waals surface area contributed by atoms with Crippen molar-refractivity contribution in [3.8, 4) is 5.75 Å². The summed E-state index contributed by atoms with van der Waals surface area (Å²) in [6.45, 7) is 4.11. The summed E-state index contributed by atoms with van der Waals surface area (Å²) in [5.74, 6) is 1.01. The van der Waals surface area contributed by atoms with Crippen molar-refractivity contribution < 1.29 is 13.9 Å². The number of hydrogen-bond donors (Lipinski definition) is 2. The average Bonchev–Trinajstić information content (AvgIpc) is 3.12. The van der Waals surface area contributed by atoms with Crippen LogP contribution in [0.4, 0.5) is 4.39 Å². The molecule has 0 aliphatic heterocycles. The first-order chi connectivity index (χ1) is 13.0. The Bertz CT molecular complexity index is 643. The number of guanidine groups is 1. The Hall–Kier alpha value is -2.31. The molecule has 150 valence electrons. The fourth-order valence-corrected chi connectivity index (χ4v) is 3.43. The lowest BCUT2D eigenvalue weighted by Gasteiger charge is -2.29. The van der Waals surface area contributed by atoms with Crippen molar-refractivity contribution in [3.63, 3.8) is 0 Å². The van der Waals surface area contributed by atoms with E-state index in [2.05, 4.69) is 15.6 Å². The van der Waals surface area contributed by atoms with Gasteiger partial charge in [0.15, 0.2) is 5.96 Å². The van der Waals surface area contributed by atoms with E-state index in [4.69, 9.17) is 4.74 Å². The standard InChI is InChI=1S/C20H31FN4O2/c1-4-22-19(23-12-13-27-17-9-7-8-16(21)14-17)24-15-20(10-5-6-11-20)18(26)25(2)3/h7-9,14H,4-6,10-13,15H2,1-3H3,(H2,22,23,24). The van der Waals surface area contributed by atoms with Gasteiger partial charge in [-0.25, -0.2) is 4.39 Å². The van der Waals surface area contributed by atoms with E-state index in [1.807, 2.05) is 6.92 Å². The van der Waals surface area contributed by atoms with Gasteiger partial charge in [0.2, 0.25) is 5.91 Å². The fourth-order valence-electron chi connectivity index (χ4n) is 3.43. The Morgan fingerprint density at radius 1 is 1.30 bits per heavy atom. The van der Waals surface area contributed by atoms with Crippen molar-refractivity contribution in [2.45, 2.75) is 32.6 Å². The number of benzene rings is 1. The number of nitrogens with one attached hydrogen (secondary N) is 2. The van der Waals surface area contributed by atoms with Gasteiger partial charge in [-0.2, -0.15) is 0 Å². The predicted octanol–water partition coefficient (Wildman–Crippen LogP) is 2.41. The molecule has 2 N–H and O–H groups in total. The van der Waals surface area contributed by atoms with Gasteiger partial charge < -0.3 is 20.3 Å². The number of amides is 1. The number of carbonyl (C=O) groups excluding carboxylic acids is 1. The average molecular weight is 378 g/mol. The van der Waals surface area contributed by atoms with E-state index in [0.717, 1.165) is 32.2 Å². The molecule has 0 unspecified atom stereocenters. The molecule has 0 radical (unpaired) electrons. The van der Waals surface area contributed by atoms with Crippen LogP contribution in [0, 0.1) is 11.2 Å². The summed E-state index contributed by atoms with van der Waals surface area (Å²) in [4.78, 5) is 19.0. The molecule has 1 saturated carbocycles. The molecule has 0 aromatic heterocycles. The van der Waals surface area contributed by atoms with E-state index < -0.39 is 0 Å². The third-order valence-corrected chi connectivity index (χ3v) is 4.76. The van der Waals surface area contributed by atoms with Gasteiger partial charge >= 0.3 is 0 Å². The summed E-state index contributed by atoms with van der Waals surface area (Å²) in [7, 11) is 3.61. The van der Waals surface area contributed by atoms with Crippen LogP contribution in [0.3, 0.4) is 0 Å². The number of halogens is 1. The molecule has 0 spiro atoms. The Labute approximate surface area is 161 Å². The molecule has 1 aliphatic rings. The second-order valence-corrected chi connectivity index (χ2v) is 7.11. The maximum atomic E-state index is 13.2. The van der Waals surface area contributed by atoms with Crippen LogP contribution in [0.2, 0.25) is 0 Å². The molecule has 0 bridgehead atoms. The molecular formula is C20H31FN4O2. The van der Waals surface area contributed by atoms with Crippen molar-refractivity contribution in [1.82, 2.24) is 15.5 Å². The molecule has 6 nitrogen and oxygen atoms in total. The minimum Gasteiger partial charge on any atom is -0.492 e. The summed E-state index contributed by atoms with van der Waals surface area (Å²) in [6.07, 6.45) is 3.91. The van der Waals surface area contributed by atoms with Gasteiger partial charge in [-0.05, 0) is 31.9 Å². The Balaban J connectivity index is 1.90. The lowest BCUT2D eigenvalue weighted by molar-refractivity contribution is -0.138. The number of rotatable bonds is 8. The zero-order valence-electron chi connectivity index (χ0n) is 16.6. The first-order valence-electron chi connectivity index (χ1n) is 9.59. The maximum Gasteiger partial charge on any atom is 0.230 e. The van der Waals surface area contributed by atoms with E-state index in [9.17, 15) is 9.18 Å². The van der Waals surface area contributed by atoms with Crippen molar-refractivity contribution in [1.29, 1.82) is 0 Å². The second kappa shape index (κ2) is 10.1. The summed E-state index contributed by atoms with van der Waals surface area (Å²) >= 11 is 0. The van der Waals surface area contributed by atoms with Crippen LogP contribution in [-0.4, -0.2) is 57.1 Å². The quantitative estimate of drug-likeness (QED) is 0.414. The monoisotopic (exact) mass is 378 g/mol. The van der Waals surface area contributed by atoms with Gasteiger partial charge in [0.05, 0.1) is 18.5 Å². The molecule has 0 saturated heterocycles. The third-order valence-electron chi connectivity index (χ3n) is 4.76. The van der Waals surface area contributed by atoms with Crippen LogP contribution in [0.1, 0.15) is 32.6 Å². The highest BCUT2D eigenvalue weighted by Gasteiger charge is 2.41. The zero-order chi connectivity index (χ0) is 19.7. The van der Waals surface area contributed by atoms with Crippen molar-refractivity contribution >= 4 is 11.9 Å². The van der Waals surface area contributed by atoms with E-state index in [1.165, 1.54) is 12.1 Å². The van der Waals surface area contributed by atoms with Crippen LogP contribution < -0.4 is 15.4 Å². The number of ether oxygens (including phenoxy) is 1. The first-order valence-corrected chi connectivity index (χ1v) is 9.59. The van der Waals surface area contributed by atoms with Crippen molar-refractivity contribution in [2.24, 2.45) is 10.4 Å². The molecular weight excluding hydrogens is 347 g/mol. The number of carbonyl (C=O) groups is 1. The first kappa shape index (κ1) is 21.0. The predicted molar refractivity (Wildman–Crippen MR) is 105 cm³/mol. The van der Waals surface area contributed by atoms with Gasteiger partial charge in [-0.3, -0.25) is 9.79 Å². The molecule has 1 aliphatic carbocycles. The molecule has 7 heteroatoms. The third kappa shape index (κ3) is 6.12. The van der Waals surface area contributed by atoms with Gasteiger partial charge in [-0.15, -0.1) is 0 Å². The van der Waals surface area contributed by atoms with E-state index in [1.54, 1.807) is 31.1 Å². The highest BCUT2D eigenvalue weighted by atomic mass is 19.1. The van der Waals surface area contributed by atoms with E-state index in [-0.39, 0.29) is 17.1 Å². The molecule has 0 atom stereocenters. The lowest BCUT2D eigenvalue weighted by atomic mass is 9.85. The summed E-state index contributed by atoms with van der Waals surface area (Å²) < 4.78 is 18.7. The van der Waals surface area contributed by atoms with Gasteiger partial charge in [0, 0.05) is 26.7 Å². The maximum absolute atomic E-state index is 13.2. The minimum absolute atomic E-state index is 0.161. The smallest absolute Gasteiger partial charge is 0.230 e. The number of aliphatic imine (C=N–C) groups is 1. The van der Waals surface area contributed by atoms with Crippen molar-refractivity contribution in [3.05, 3.63) is 30.1 Å². The van der Waals surface area contributed by atoms with Crippen LogP contribution >= 0.6 is 0 Å². The summed E-state index contributed by atoms with van der Waals surface area (Å²) in [6, 6.07) is 6.08. The largest absolute Gasteiger partial charge is 0.492 e. The summed E-state index contributed by atoms with van der Waals surface area (Å²) in [5.41, 5.74) is -0.385. The number of hydrogen-bond acceptors (Lipinski definition) is 3. The second-order valence-electron chi connectivity index (χ2n) is 7.11. The zero-order valence-corrected chi connectivity index (χ0v) is 16.6. The van der Waals surface area contributed by atoms with Crippen LogP contribution in [0.25, 0.3) is 0 Å². The van der Waals surface area contributed by atoms with Gasteiger partial charge in [-0.1, -0.05) is 18.9 Å². The van der Waals surface area contributed by atoms with Gasteiger partial charge in [0.25, 0.3) is 0 Å². The normalized spacial score (nSPS) is 16.1. The minimum atomic E-state index is -0.385. The molecule has 2 rings (SSSR count). The fraction of sp³-hybridized carbons (Fsp3) is 0.600. The van der Waals surface area contributed by atoms with Crippen LogP contribution in [0.5, 0.6) is 5.75 Å². The topological polar surface area (TPSA) is 66.0 Å². The highest BCUT2D eigenvalue weighted by Crippen LogP contribution is 2.39. The molecule has 0 heterocycles. The van der Waals surface area contributed by atoms with E-state index >= 15 is 0 Å². The van der Waals surface area contributed by atoms with Crippen LogP contribution in [0.15, 0.2) is 29.3 Å². The molecule has 1 amide bonds. The highest BCUT2D eigenvalue weighted by molar-refractivity contribution is 5.84. The SMILES string of the molecule is CCNC(=NCC1(C(=O)N(C)C)CCCC1)NCCOc1cccc(F)c1. The Morgan fingerprint density at radius 2 is 2.04 bits per heavy atom. The van der Waals surface area contributed by atoms with Gasteiger partial charge in [0.1, 0.15) is 18.2 Å². The Kier molecular flexibility index (Phi) is 7.88. The number of nitrogens with zero attached hydrogens (tertiary/aromatic N) is 2. The lowest BCUT2D eigenvalue weighted by Crippen LogP contribution is -2.43. The molecule has 1 aromatic carbocycles. The van der Waals surface area contributed by atoms with Crippen LogP contribution in [-0.2, 0) is 4.79 Å². The molecule has 1 fully saturated rings.